The van der Waals surface area contributed by atoms with Gasteiger partial charge in [-0.1, -0.05) is 6.07 Å². The van der Waals surface area contributed by atoms with Gasteiger partial charge in [0.2, 0.25) is 11.9 Å². The van der Waals surface area contributed by atoms with Crippen LogP contribution in [0.3, 0.4) is 0 Å². The second-order valence-corrected chi connectivity index (χ2v) is 12.0. The van der Waals surface area contributed by atoms with Gasteiger partial charge < -0.3 is 39.7 Å². The molecule has 2 fully saturated rings. The molecule has 12 nitrogen and oxygen atoms in total. The fourth-order valence-corrected chi connectivity index (χ4v) is 5.84. The Morgan fingerprint density at radius 3 is 2.40 bits per heavy atom. The first-order valence-corrected chi connectivity index (χ1v) is 15.9. The van der Waals surface area contributed by atoms with E-state index in [0.717, 1.165) is 50.3 Å². The molecule has 4 rings (SSSR count). The van der Waals surface area contributed by atoms with Crippen LogP contribution in [0.1, 0.15) is 43.2 Å². The number of amides is 1. The molecule has 250 valence electrons. The van der Waals surface area contributed by atoms with Gasteiger partial charge in [0.05, 0.1) is 32.3 Å². The summed E-state index contributed by atoms with van der Waals surface area (Å²) in [6, 6.07) is 4.68. The zero-order chi connectivity index (χ0) is 32.2. The first-order valence-electron chi connectivity index (χ1n) is 15.9. The molecule has 2 aromatic rings. The van der Waals surface area contributed by atoms with E-state index in [1.54, 1.807) is 24.1 Å². The van der Waals surface area contributed by atoms with Gasteiger partial charge in [0.25, 0.3) is 0 Å². The van der Waals surface area contributed by atoms with Gasteiger partial charge in [-0.15, -0.1) is 0 Å². The van der Waals surface area contributed by atoms with Gasteiger partial charge >= 0.3 is 0 Å². The molecule has 0 bridgehead atoms. The summed E-state index contributed by atoms with van der Waals surface area (Å²) in [5.74, 6) is 1.22. The van der Waals surface area contributed by atoms with E-state index in [2.05, 4.69) is 19.8 Å². The Morgan fingerprint density at radius 1 is 1.04 bits per heavy atom. The third kappa shape index (κ3) is 10.5. The Kier molecular flexibility index (Phi) is 13.7. The maximum Gasteiger partial charge on any atom is 0.227 e. The first kappa shape index (κ1) is 34.9. The predicted octanol–water partition coefficient (Wildman–Crippen LogP) is 0.990. The minimum atomic E-state index is -1.41. The number of benzene rings is 1. The third-order valence-corrected chi connectivity index (χ3v) is 8.73. The van der Waals surface area contributed by atoms with Crippen LogP contribution in [0, 0.1) is 11.7 Å². The zero-order valence-corrected chi connectivity index (χ0v) is 26.1. The number of carbonyl (C=O) groups is 1. The summed E-state index contributed by atoms with van der Waals surface area (Å²) < 4.78 is 25.8. The topological polar surface area (TPSA) is 152 Å². The van der Waals surface area contributed by atoms with Crippen molar-refractivity contribution in [2.45, 2.75) is 63.4 Å². The number of anilines is 1. The monoisotopic (exact) mass is 633 g/mol. The van der Waals surface area contributed by atoms with Gasteiger partial charge in [0, 0.05) is 76.9 Å². The van der Waals surface area contributed by atoms with Crippen molar-refractivity contribution in [2.75, 3.05) is 71.0 Å². The molecule has 0 aliphatic carbocycles. The molecule has 0 saturated carbocycles. The molecule has 13 heteroatoms. The number of aromatic nitrogens is 2. The number of nitrogens with zero attached hydrogens (tertiary/aromatic N) is 5. The minimum Gasteiger partial charge on any atom is -0.493 e. The van der Waals surface area contributed by atoms with Crippen molar-refractivity contribution in [3.63, 3.8) is 0 Å². The number of carbonyl (C=O) groups excluding carboxylic acids is 1. The van der Waals surface area contributed by atoms with Gasteiger partial charge in [-0.2, -0.15) is 0 Å². The highest BCUT2D eigenvalue weighted by molar-refractivity contribution is 5.79. The van der Waals surface area contributed by atoms with Crippen LogP contribution in [0.25, 0.3) is 0 Å². The quantitative estimate of drug-likeness (QED) is 0.196. The summed E-state index contributed by atoms with van der Waals surface area (Å²) in [5.41, 5.74) is 1.29. The van der Waals surface area contributed by atoms with E-state index in [9.17, 15) is 24.5 Å². The van der Waals surface area contributed by atoms with Gasteiger partial charge in [-0.3, -0.25) is 9.69 Å². The lowest BCUT2D eigenvalue weighted by Crippen LogP contribution is -2.50. The average molecular weight is 634 g/mol. The van der Waals surface area contributed by atoms with Crippen molar-refractivity contribution in [1.29, 1.82) is 0 Å². The Bertz CT molecular complexity index is 1180. The fourth-order valence-electron chi connectivity index (χ4n) is 5.84. The number of halogens is 1. The van der Waals surface area contributed by atoms with E-state index >= 15 is 0 Å². The molecule has 0 radical (unpaired) electrons. The molecule has 0 spiro atoms. The van der Waals surface area contributed by atoms with E-state index in [4.69, 9.17) is 14.6 Å². The van der Waals surface area contributed by atoms with E-state index in [-0.39, 0.29) is 18.7 Å². The van der Waals surface area contributed by atoms with Crippen LogP contribution in [0.4, 0.5) is 10.3 Å². The molecular formula is C32H48FN5O7. The Labute approximate surface area is 264 Å². The van der Waals surface area contributed by atoms with Crippen molar-refractivity contribution < 1.29 is 39.1 Å². The molecule has 2 saturated heterocycles. The normalized spacial score (nSPS) is 18.5. The Hall–Kier alpha value is -2.94. The maximum atomic E-state index is 14.8. The number of hydrogen-bond donors (Lipinski definition) is 4. The lowest BCUT2D eigenvalue weighted by atomic mass is 9.92. The molecule has 2 aliphatic heterocycles. The number of hydrogen-bond acceptors (Lipinski definition) is 11. The lowest BCUT2D eigenvalue weighted by molar-refractivity contribution is -0.132. The molecule has 1 amide bonds. The summed E-state index contributed by atoms with van der Waals surface area (Å²) in [4.78, 5) is 27.8. The summed E-state index contributed by atoms with van der Waals surface area (Å²) in [7, 11) is 1.65. The van der Waals surface area contributed by atoms with Crippen molar-refractivity contribution in [2.24, 2.45) is 5.92 Å². The first-order chi connectivity index (χ1) is 21.8. The van der Waals surface area contributed by atoms with E-state index in [1.165, 1.54) is 6.07 Å². The molecule has 4 N–H and O–H groups in total. The van der Waals surface area contributed by atoms with E-state index in [1.807, 2.05) is 12.4 Å². The zero-order valence-electron chi connectivity index (χ0n) is 26.1. The number of aliphatic hydroxyl groups excluding tert-OH is 4. The Balaban J connectivity index is 1.10. The third-order valence-electron chi connectivity index (χ3n) is 8.73. The largest absolute Gasteiger partial charge is 0.493 e. The van der Waals surface area contributed by atoms with Crippen molar-refractivity contribution in [3.8, 4) is 5.75 Å². The summed E-state index contributed by atoms with van der Waals surface area (Å²) in [5, 5.41) is 38.2. The maximum absolute atomic E-state index is 14.8. The van der Waals surface area contributed by atoms with Crippen LogP contribution in [-0.2, 0) is 22.6 Å². The van der Waals surface area contributed by atoms with Crippen molar-refractivity contribution >= 4 is 11.9 Å². The van der Waals surface area contributed by atoms with Gasteiger partial charge in [0.15, 0.2) is 0 Å². The molecule has 45 heavy (non-hydrogen) atoms. The number of piperazine rings is 1. The summed E-state index contributed by atoms with van der Waals surface area (Å²) in [6.45, 7) is 4.84. The smallest absolute Gasteiger partial charge is 0.227 e. The SMILES string of the molecule is COCc1cnc(N2CCC(CCCOc3ccc(CC(=O)N4CCN(CC[C@@H](O)[C@H](O)C(O)CO)CC4)c(F)c3)CC2)nc1. The second kappa shape index (κ2) is 17.7. The number of ether oxygens (including phenoxy) is 2. The summed E-state index contributed by atoms with van der Waals surface area (Å²) >= 11 is 0. The van der Waals surface area contributed by atoms with Crippen molar-refractivity contribution in [3.05, 3.63) is 47.5 Å². The molecular weight excluding hydrogens is 585 g/mol. The highest BCUT2D eigenvalue weighted by atomic mass is 19.1. The molecule has 3 heterocycles. The van der Waals surface area contributed by atoms with Gasteiger partial charge in [-0.05, 0) is 49.7 Å². The highest BCUT2D eigenvalue weighted by Gasteiger charge is 2.27. The fraction of sp³-hybridized carbons (Fsp3) is 0.656. The van der Waals surface area contributed by atoms with Crippen LogP contribution in [0.5, 0.6) is 5.75 Å². The number of rotatable bonds is 16. The predicted molar refractivity (Wildman–Crippen MR) is 165 cm³/mol. The van der Waals surface area contributed by atoms with E-state index < -0.39 is 30.7 Å². The summed E-state index contributed by atoms with van der Waals surface area (Å²) in [6.07, 6.45) is 3.93. The number of methoxy groups -OCH3 is 1. The highest BCUT2D eigenvalue weighted by Crippen LogP contribution is 2.25. The van der Waals surface area contributed by atoms with Crippen LogP contribution in [-0.4, -0.2) is 131 Å². The van der Waals surface area contributed by atoms with Crippen LogP contribution >= 0.6 is 0 Å². The molecule has 1 unspecified atom stereocenters. The number of aliphatic hydroxyl groups is 4. The van der Waals surface area contributed by atoms with E-state index in [0.29, 0.717) is 63.2 Å². The number of piperidine rings is 1. The van der Waals surface area contributed by atoms with Crippen LogP contribution in [0.15, 0.2) is 30.6 Å². The van der Waals surface area contributed by atoms with Crippen LogP contribution in [0.2, 0.25) is 0 Å². The van der Waals surface area contributed by atoms with Crippen LogP contribution < -0.4 is 9.64 Å². The second-order valence-electron chi connectivity index (χ2n) is 12.0. The minimum absolute atomic E-state index is 0.0306. The molecule has 2 aliphatic rings. The molecule has 3 atom stereocenters. The molecule has 1 aromatic heterocycles. The average Bonchev–Trinajstić information content (AvgIpc) is 3.07. The lowest BCUT2D eigenvalue weighted by Gasteiger charge is -2.35. The standard InChI is InChI=1S/C32H48FN5O7/c1-44-22-24-19-34-32(35-20-24)38-10-6-23(7-11-38)3-2-16-45-26-5-4-25(27(33)18-26)17-30(42)37-14-12-36(13-15-37)9-8-28(40)31(43)29(41)21-39/h4-5,18-20,23,28-29,31,39-41,43H,2-3,6-17,21-22H2,1H3/t28-,29?,31+/m1/s1. The van der Waals surface area contributed by atoms with Crippen molar-refractivity contribution in [1.82, 2.24) is 19.8 Å². The van der Waals surface area contributed by atoms with Gasteiger partial charge in [0.1, 0.15) is 23.8 Å². The Morgan fingerprint density at radius 2 is 1.76 bits per heavy atom. The van der Waals surface area contributed by atoms with Gasteiger partial charge in [-0.25, -0.2) is 14.4 Å². The molecule has 1 aromatic carbocycles.